The topological polar surface area (TPSA) is 69.6 Å². The Morgan fingerprint density at radius 2 is 1.71 bits per heavy atom. The molecule has 1 fully saturated rings. The first kappa shape index (κ1) is 20.4. The molecule has 0 aromatic heterocycles. The fraction of sp³-hybridized carbons (Fsp3) is 0.846. The van der Waals surface area contributed by atoms with Gasteiger partial charge >= 0.3 is 24.4 Å². The van der Waals surface area contributed by atoms with Crippen LogP contribution in [0.4, 0.5) is 31.1 Å². The van der Waals surface area contributed by atoms with Crippen LogP contribution in [0.2, 0.25) is 0 Å². The molecule has 1 aliphatic heterocycles. The van der Waals surface area contributed by atoms with Gasteiger partial charge in [0.05, 0.1) is 18.3 Å². The zero-order chi connectivity index (χ0) is 18.9. The lowest BCUT2D eigenvalue weighted by atomic mass is 9.96. The molecule has 1 aliphatic rings. The van der Waals surface area contributed by atoms with Crippen molar-refractivity contribution in [3.05, 3.63) is 0 Å². The smallest absolute Gasteiger partial charge is 0.394 e. The molecule has 1 saturated heterocycles. The molecule has 0 aromatic carbocycles. The van der Waals surface area contributed by atoms with Crippen LogP contribution in [0.25, 0.3) is 0 Å². The van der Waals surface area contributed by atoms with Gasteiger partial charge in [0.2, 0.25) is 0 Å². The van der Waals surface area contributed by atoms with E-state index in [0.717, 1.165) is 0 Å². The lowest BCUT2D eigenvalue weighted by molar-refractivity contribution is -0.187. The summed E-state index contributed by atoms with van der Waals surface area (Å²) >= 11 is 0. The summed E-state index contributed by atoms with van der Waals surface area (Å²) in [5.74, 6) is -6.40. The summed E-state index contributed by atoms with van der Waals surface area (Å²) in [6.45, 7) is 1.25. The molecule has 0 spiro atoms. The van der Waals surface area contributed by atoms with Crippen LogP contribution in [0.1, 0.15) is 20.3 Å². The number of likely N-dealkylation sites (tertiary alicyclic amines) is 1. The molecule has 0 saturated carbocycles. The van der Waals surface area contributed by atoms with Crippen molar-refractivity contribution in [2.45, 2.75) is 38.7 Å². The number of alkyl halides is 6. The molecule has 5 nitrogen and oxygen atoms in total. The number of halogens is 6. The highest BCUT2D eigenvalue weighted by Crippen LogP contribution is 2.37. The fourth-order valence-corrected chi connectivity index (χ4v) is 2.50. The van der Waals surface area contributed by atoms with Gasteiger partial charge in [-0.15, -0.1) is 0 Å². The van der Waals surface area contributed by atoms with Crippen LogP contribution in [0, 0.1) is 17.8 Å². The van der Waals surface area contributed by atoms with E-state index in [1.807, 2.05) is 0 Å². The normalized spacial score (nSPS) is 23.5. The summed E-state index contributed by atoms with van der Waals surface area (Å²) in [6.07, 6.45) is -10.7. The zero-order valence-corrected chi connectivity index (χ0v) is 12.9. The van der Waals surface area contributed by atoms with Gasteiger partial charge in [-0.05, 0) is 5.92 Å². The summed E-state index contributed by atoms with van der Waals surface area (Å²) in [5.41, 5.74) is 0. The standard InChI is InChI=1S/C13H18F6N2O3/c1-6(2)9(3-12(14,15)16)20-11(24)21-4-7(10(22)23)8(5-21)13(17,18)19/h6-9H,3-5H2,1-2H3,(H,20,24)(H,22,23)/t7-,8-,9?/m1/s1. The molecule has 0 aliphatic carbocycles. The van der Waals surface area contributed by atoms with Crippen molar-refractivity contribution in [1.82, 2.24) is 10.2 Å². The molecular formula is C13H18F6N2O3. The van der Waals surface area contributed by atoms with Crippen LogP contribution in [0.15, 0.2) is 0 Å². The Bertz CT molecular complexity index is 477. The molecule has 1 heterocycles. The predicted octanol–water partition coefficient (Wildman–Crippen LogP) is 2.87. The van der Waals surface area contributed by atoms with Crippen LogP contribution < -0.4 is 5.32 Å². The molecule has 3 atom stereocenters. The Labute approximate surface area is 134 Å². The van der Waals surface area contributed by atoms with Crippen LogP contribution in [0.3, 0.4) is 0 Å². The number of aliphatic carboxylic acids is 1. The highest BCUT2D eigenvalue weighted by molar-refractivity contribution is 5.78. The highest BCUT2D eigenvalue weighted by Gasteiger charge is 2.53. The van der Waals surface area contributed by atoms with Crippen molar-refractivity contribution in [2.24, 2.45) is 17.8 Å². The van der Waals surface area contributed by atoms with Gasteiger partial charge in [-0.2, -0.15) is 26.3 Å². The van der Waals surface area contributed by atoms with Crippen molar-refractivity contribution in [3.8, 4) is 0 Å². The third-order valence-corrected chi connectivity index (χ3v) is 3.91. The van der Waals surface area contributed by atoms with E-state index in [9.17, 15) is 35.9 Å². The van der Waals surface area contributed by atoms with Crippen molar-refractivity contribution in [3.63, 3.8) is 0 Å². The van der Waals surface area contributed by atoms with E-state index in [-0.39, 0.29) is 0 Å². The van der Waals surface area contributed by atoms with Crippen molar-refractivity contribution in [1.29, 1.82) is 0 Å². The number of nitrogens with zero attached hydrogens (tertiary/aromatic N) is 1. The Kier molecular flexibility index (Phi) is 5.99. The lowest BCUT2D eigenvalue weighted by Gasteiger charge is -2.26. The van der Waals surface area contributed by atoms with Gasteiger partial charge in [0.1, 0.15) is 0 Å². The van der Waals surface area contributed by atoms with Crippen molar-refractivity contribution >= 4 is 12.0 Å². The maximum atomic E-state index is 12.9. The number of rotatable bonds is 4. The van der Waals surface area contributed by atoms with Gasteiger partial charge in [-0.3, -0.25) is 4.79 Å². The summed E-state index contributed by atoms with van der Waals surface area (Å²) in [6, 6.07) is -2.44. The minimum Gasteiger partial charge on any atom is -0.481 e. The van der Waals surface area contributed by atoms with Crippen LogP contribution in [0.5, 0.6) is 0 Å². The highest BCUT2D eigenvalue weighted by atomic mass is 19.4. The minimum atomic E-state index is -4.82. The molecule has 0 bridgehead atoms. The molecule has 11 heteroatoms. The quantitative estimate of drug-likeness (QED) is 0.754. The number of urea groups is 1. The van der Waals surface area contributed by atoms with Gasteiger partial charge in [-0.1, -0.05) is 13.8 Å². The Morgan fingerprint density at radius 3 is 2.04 bits per heavy atom. The maximum absolute atomic E-state index is 12.9. The minimum absolute atomic E-state index is 0.600. The van der Waals surface area contributed by atoms with Crippen LogP contribution in [-0.4, -0.2) is 53.5 Å². The van der Waals surface area contributed by atoms with Gasteiger partial charge in [-0.25, -0.2) is 4.79 Å². The average molecular weight is 364 g/mol. The number of hydrogen-bond donors (Lipinski definition) is 2. The van der Waals surface area contributed by atoms with E-state index in [4.69, 9.17) is 5.11 Å². The monoisotopic (exact) mass is 364 g/mol. The third-order valence-electron chi connectivity index (χ3n) is 3.91. The molecular weight excluding hydrogens is 346 g/mol. The first-order chi connectivity index (χ1) is 10.7. The lowest BCUT2D eigenvalue weighted by Crippen LogP contribution is -2.48. The zero-order valence-electron chi connectivity index (χ0n) is 12.9. The largest absolute Gasteiger partial charge is 0.481 e. The first-order valence-electron chi connectivity index (χ1n) is 7.14. The van der Waals surface area contributed by atoms with Gasteiger partial charge < -0.3 is 15.3 Å². The summed E-state index contributed by atoms with van der Waals surface area (Å²) < 4.78 is 76.0. The average Bonchev–Trinajstić information content (AvgIpc) is 2.81. The van der Waals surface area contributed by atoms with E-state index in [1.54, 1.807) is 0 Å². The fourth-order valence-electron chi connectivity index (χ4n) is 2.50. The van der Waals surface area contributed by atoms with Gasteiger partial charge in [0, 0.05) is 19.1 Å². The molecule has 1 unspecified atom stereocenters. The van der Waals surface area contributed by atoms with E-state index in [1.165, 1.54) is 13.8 Å². The van der Waals surface area contributed by atoms with Crippen LogP contribution >= 0.6 is 0 Å². The predicted molar refractivity (Wildman–Crippen MR) is 70.1 cm³/mol. The molecule has 2 N–H and O–H groups in total. The van der Waals surface area contributed by atoms with E-state index in [2.05, 4.69) is 5.32 Å². The van der Waals surface area contributed by atoms with Crippen molar-refractivity contribution < 1.29 is 41.0 Å². The SMILES string of the molecule is CC(C)C(CC(F)(F)F)NC(=O)N1C[C@@H](C(F)(F)F)[C@H](C(=O)O)C1. The third kappa shape index (κ3) is 5.45. The molecule has 140 valence electrons. The number of carboxylic acid groups (broad SMARTS) is 1. The second kappa shape index (κ2) is 7.06. The Balaban J connectivity index is 2.82. The van der Waals surface area contributed by atoms with E-state index >= 15 is 0 Å². The van der Waals surface area contributed by atoms with Gasteiger partial charge in [0.25, 0.3) is 0 Å². The number of nitrogens with one attached hydrogen (secondary N) is 1. The molecule has 0 radical (unpaired) electrons. The van der Waals surface area contributed by atoms with E-state index < -0.39 is 67.7 Å². The molecule has 1 rings (SSSR count). The number of carbonyl (C=O) groups excluding carboxylic acids is 1. The summed E-state index contributed by atoms with van der Waals surface area (Å²) in [7, 11) is 0. The number of amides is 2. The van der Waals surface area contributed by atoms with Crippen LogP contribution in [-0.2, 0) is 4.79 Å². The number of carbonyl (C=O) groups is 2. The number of carboxylic acids is 1. The van der Waals surface area contributed by atoms with Gasteiger partial charge in [0.15, 0.2) is 0 Å². The molecule has 24 heavy (non-hydrogen) atoms. The molecule has 0 aromatic rings. The van der Waals surface area contributed by atoms with Crippen molar-refractivity contribution in [2.75, 3.05) is 13.1 Å². The second-order valence-corrected chi connectivity index (χ2v) is 6.12. The Hall–Kier alpha value is -1.68. The summed E-state index contributed by atoms with van der Waals surface area (Å²) in [5, 5.41) is 10.9. The number of hydrogen-bond acceptors (Lipinski definition) is 2. The molecule has 2 amide bonds. The maximum Gasteiger partial charge on any atom is 0.394 e. The van der Waals surface area contributed by atoms with E-state index in [0.29, 0.717) is 4.90 Å². The second-order valence-electron chi connectivity index (χ2n) is 6.12. The Morgan fingerprint density at radius 1 is 1.17 bits per heavy atom. The summed E-state index contributed by atoms with van der Waals surface area (Å²) in [4.78, 5) is 23.5. The first-order valence-corrected chi connectivity index (χ1v) is 7.14.